The average Bonchev–Trinajstić information content (AvgIpc) is 3.25. The Balaban J connectivity index is 1.64. The summed E-state index contributed by atoms with van der Waals surface area (Å²) >= 11 is 0. The molecule has 0 aliphatic rings. The highest BCUT2D eigenvalue weighted by molar-refractivity contribution is 5.93. The number of benzene rings is 1. The quantitative estimate of drug-likeness (QED) is 0.532. The lowest BCUT2D eigenvalue weighted by Gasteiger charge is -2.12. The molecule has 0 spiro atoms. The van der Waals surface area contributed by atoms with Gasteiger partial charge in [0.1, 0.15) is 5.76 Å². The number of carbonyl (C=O) groups excluding carboxylic acids is 1. The van der Waals surface area contributed by atoms with E-state index in [0.29, 0.717) is 49.9 Å². The van der Waals surface area contributed by atoms with E-state index in [9.17, 15) is 4.79 Å². The van der Waals surface area contributed by atoms with E-state index < -0.39 is 0 Å². The van der Waals surface area contributed by atoms with Crippen molar-refractivity contribution >= 4 is 5.91 Å². The van der Waals surface area contributed by atoms with E-state index in [1.165, 1.54) is 0 Å². The zero-order valence-corrected chi connectivity index (χ0v) is 18.8. The van der Waals surface area contributed by atoms with E-state index in [2.05, 4.69) is 15.6 Å². The molecule has 0 fully saturated rings. The molecule has 0 radical (unpaired) electrons. The SMILES string of the molecule is CCOc1ccc(CCNC(=O)c2noc(C)c2Cn2nc(C)cc2C)cc1OCC. The molecule has 1 N–H and O–H groups in total. The highest BCUT2D eigenvalue weighted by Crippen LogP contribution is 2.28. The molecule has 8 heteroatoms. The summed E-state index contributed by atoms with van der Waals surface area (Å²) in [6.45, 7) is 11.6. The van der Waals surface area contributed by atoms with Crippen LogP contribution in [0.4, 0.5) is 0 Å². The number of nitrogens with zero attached hydrogens (tertiary/aromatic N) is 3. The Hall–Kier alpha value is -3.29. The van der Waals surface area contributed by atoms with Crippen molar-refractivity contribution in [2.24, 2.45) is 0 Å². The van der Waals surface area contributed by atoms with Gasteiger partial charge < -0.3 is 19.3 Å². The topological polar surface area (TPSA) is 91.4 Å². The number of amides is 1. The molecule has 0 aliphatic heterocycles. The van der Waals surface area contributed by atoms with Crippen molar-refractivity contribution in [3.05, 3.63) is 58.2 Å². The molecule has 166 valence electrons. The summed E-state index contributed by atoms with van der Waals surface area (Å²) in [4.78, 5) is 12.8. The van der Waals surface area contributed by atoms with Gasteiger partial charge in [0.05, 0.1) is 25.5 Å². The van der Waals surface area contributed by atoms with Gasteiger partial charge in [0.25, 0.3) is 5.91 Å². The first-order chi connectivity index (χ1) is 14.9. The van der Waals surface area contributed by atoms with Crippen LogP contribution >= 0.6 is 0 Å². The predicted octanol–water partition coefficient (Wildman–Crippen LogP) is 3.61. The molecule has 0 aliphatic carbocycles. The van der Waals surface area contributed by atoms with Crippen molar-refractivity contribution < 1.29 is 18.8 Å². The van der Waals surface area contributed by atoms with Crippen molar-refractivity contribution in [1.82, 2.24) is 20.3 Å². The molecule has 0 atom stereocenters. The molecule has 2 heterocycles. The summed E-state index contributed by atoms with van der Waals surface area (Å²) in [6.07, 6.45) is 0.655. The number of hydrogen-bond donors (Lipinski definition) is 1. The van der Waals surface area contributed by atoms with Crippen LogP contribution in [0.3, 0.4) is 0 Å². The molecule has 3 rings (SSSR count). The van der Waals surface area contributed by atoms with Gasteiger partial charge in [0.15, 0.2) is 17.2 Å². The van der Waals surface area contributed by atoms with Gasteiger partial charge in [-0.25, -0.2) is 0 Å². The van der Waals surface area contributed by atoms with Gasteiger partial charge in [-0.15, -0.1) is 0 Å². The number of aromatic nitrogens is 3. The summed E-state index contributed by atoms with van der Waals surface area (Å²) < 4.78 is 18.4. The van der Waals surface area contributed by atoms with Crippen LogP contribution in [0.1, 0.15) is 52.6 Å². The number of nitrogens with one attached hydrogen (secondary N) is 1. The second kappa shape index (κ2) is 10.1. The molecule has 0 saturated carbocycles. The minimum atomic E-state index is -0.260. The molecule has 31 heavy (non-hydrogen) atoms. The lowest BCUT2D eigenvalue weighted by Crippen LogP contribution is -2.27. The first-order valence-corrected chi connectivity index (χ1v) is 10.6. The van der Waals surface area contributed by atoms with Crippen molar-refractivity contribution in [2.75, 3.05) is 19.8 Å². The van der Waals surface area contributed by atoms with Crippen molar-refractivity contribution in [1.29, 1.82) is 0 Å². The maximum atomic E-state index is 12.8. The first kappa shape index (κ1) is 22.4. The van der Waals surface area contributed by atoms with Gasteiger partial charge in [0.2, 0.25) is 0 Å². The van der Waals surface area contributed by atoms with E-state index in [1.54, 1.807) is 6.92 Å². The van der Waals surface area contributed by atoms with Crippen LogP contribution in [0.2, 0.25) is 0 Å². The van der Waals surface area contributed by atoms with Gasteiger partial charge in [-0.2, -0.15) is 5.10 Å². The smallest absolute Gasteiger partial charge is 0.273 e. The summed E-state index contributed by atoms with van der Waals surface area (Å²) in [5.41, 5.74) is 4.03. The monoisotopic (exact) mass is 426 g/mol. The number of rotatable bonds is 10. The molecule has 0 saturated heterocycles. The van der Waals surface area contributed by atoms with E-state index in [1.807, 2.05) is 56.6 Å². The minimum Gasteiger partial charge on any atom is -0.490 e. The molecule has 0 unspecified atom stereocenters. The third-order valence-electron chi connectivity index (χ3n) is 4.92. The van der Waals surface area contributed by atoms with Gasteiger partial charge in [-0.1, -0.05) is 11.2 Å². The number of aryl methyl sites for hydroxylation is 3. The fourth-order valence-electron chi connectivity index (χ4n) is 3.40. The third-order valence-corrected chi connectivity index (χ3v) is 4.92. The lowest BCUT2D eigenvalue weighted by molar-refractivity contribution is 0.0944. The summed E-state index contributed by atoms with van der Waals surface area (Å²) in [5.74, 6) is 1.80. The van der Waals surface area contributed by atoms with Gasteiger partial charge in [0, 0.05) is 17.8 Å². The normalized spacial score (nSPS) is 10.9. The fourth-order valence-corrected chi connectivity index (χ4v) is 3.40. The molecule has 2 aromatic heterocycles. The van der Waals surface area contributed by atoms with Gasteiger partial charge in [-0.05, 0) is 64.8 Å². The van der Waals surface area contributed by atoms with Gasteiger partial charge >= 0.3 is 0 Å². The summed E-state index contributed by atoms with van der Waals surface area (Å²) in [6, 6.07) is 7.83. The Morgan fingerprint density at radius 1 is 1.10 bits per heavy atom. The first-order valence-electron chi connectivity index (χ1n) is 10.6. The molecule has 8 nitrogen and oxygen atoms in total. The number of ether oxygens (including phenoxy) is 2. The molecule has 3 aromatic rings. The van der Waals surface area contributed by atoms with Crippen LogP contribution in [-0.2, 0) is 13.0 Å². The Morgan fingerprint density at radius 3 is 2.52 bits per heavy atom. The zero-order chi connectivity index (χ0) is 22.4. The van der Waals surface area contributed by atoms with Crippen molar-refractivity contribution in [3.8, 4) is 11.5 Å². The van der Waals surface area contributed by atoms with Crippen LogP contribution in [0, 0.1) is 20.8 Å². The van der Waals surface area contributed by atoms with Crippen LogP contribution in [0.15, 0.2) is 28.8 Å². The van der Waals surface area contributed by atoms with Crippen LogP contribution < -0.4 is 14.8 Å². The second-order valence-electron chi connectivity index (χ2n) is 7.30. The molecule has 1 amide bonds. The van der Waals surface area contributed by atoms with Crippen molar-refractivity contribution in [2.45, 2.75) is 47.6 Å². The Bertz CT molecular complexity index is 1040. The lowest BCUT2D eigenvalue weighted by atomic mass is 10.1. The van der Waals surface area contributed by atoms with Gasteiger partial charge in [-0.3, -0.25) is 9.48 Å². The number of hydrogen-bond acceptors (Lipinski definition) is 6. The Kier molecular flexibility index (Phi) is 7.33. The maximum Gasteiger partial charge on any atom is 0.273 e. The molecular formula is C23H30N4O4. The Morgan fingerprint density at radius 2 is 1.84 bits per heavy atom. The largest absolute Gasteiger partial charge is 0.490 e. The van der Waals surface area contributed by atoms with E-state index in [0.717, 1.165) is 28.3 Å². The van der Waals surface area contributed by atoms with E-state index >= 15 is 0 Å². The molecule has 1 aromatic carbocycles. The number of carbonyl (C=O) groups is 1. The average molecular weight is 427 g/mol. The Labute approximate surface area is 182 Å². The third kappa shape index (κ3) is 5.45. The van der Waals surface area contributed by atoms with Crippen LogP contribution in [0.25, 0.3) is 0 Å². The van der Waals surface area contributed by atoms with Crippen molar-refractivity contribution in [3.63, 3.8) is 0 Å². The maximum absolute atomic E-state index is 12.8. The second-order valence-corrected chi connectivity index (χ2v) is 7.30. The van der Waals surface area contributed by atoms with Crippen LogP contribution in [0.5, 0.6) is 11.5 Å². The van der Waals surface area contributed by atoms with Crippen LogP contribution in [-0.4, -0.2) is 40.6 Å². The standard InChI is InChI=1S/C23H30N4O4/c1-6-29-20-9-8-18(13-21(20)30-7-2)10-11-24-23(28)22-19(17(5)31-26-22)14-27-16(4)12-15(3)25-27/h8-9,12-13H,6-7,10-11,14H2,1-5H3,(H,24,28). The highest BCUT2D eigenvalue weighted by atomic mass is 16.5. The molecule has 0 bridgehead atoms. The zero-order valence-electron chi connectivity index (χ0n) is 18.8. The summed E-state index contributed by atoms with van der Waals surface area (Å²) in [7, 11) is 0. The highest BCUT2D eigenvalue weighted by Gasteiger charge is 2.21. The van der Waals surface area contributed by atoms with E-state index in [-0.39, 0.29) is 5.91 Å². The fraction of sp³-hybridized carbons (Fsp3) is 0.435. The minimum absolute atomic E-state index is 0.260. The van der Waals surface area contributed by atoms with E-state index in [4.69, 9.17) is 14.0 Å². The summed E-state index contributed by atoms with van der Waals surface area (Å²) in [5, 5.41) is 11.4. The molecular weight excluding hydrogens is 396 g/mol. The predicted molar refractivity (Wildman–Crippen MR) is 117 cm³/mol.